The number of H-pyrrole nitrogens is 1. The van der Waals surface area contributed by atoms with E-state index in [1.165, 1.54) is 16.8 Å². The third-order valence-corrected chi connectivity index (χ3v) is 6.25. The summed E-state index contributed by atoms with van der Waals surface area (Å²) in [5.74, 6) is -0.657. The maximum Gasteiger partial charge on any atom is 0.257 e. The highest BCUT2D eigenvalue weighted by Gasteiger charge is 2.34. The summed E-state index contributed by atoms with van der Waals surface area (Å²) in [5, 5.41) is 11.7. The van der Waals surface area contributed by atoms with Gasteiger partial charge in [-0.1, -0.05) is 0 Å². The summed E-state index contributed by atoms with van der Waals surface area (Å²) in [6, 6.07) is 3.68. The fourth-order valence-corrected chi connectivity index (χ4v) is 4.65. The van der Waals surface area contributed by atoms with Gasteiger partial charge in [0.2, 0.25) is 0 Å². The van der Waals surface area contributed by atoms with Crippen LogP contribution >= 0.6 is 12.2 Å². The van der Waals surface area contributed by atoms with Crippen molar-refractivity contribution >= 4 is 18.1 Å². The Kier molecular flexibility index (Phi) is 4.96. The van der Waals surface area contributed by atoms with E-state index in [4.69, 9.17) is 12.2 Å². The largest absolute Gasteiger partial charge is 0.338 e. The van der Waals surface area contributed by atoms with Gasteiger partial charge >= 0.3 is 0 Å². The lowest BCUT2D eigenvalue weighted by atomic mass is 9.96. The van der Waals surface area contributed by atoms with Crippen molar-refractivity contribution in [3.05, 3.63) is 52.2 Å². The topological polar surface area (TPSA) is 71.7 Å². The van der Waals surface area contributed by atoms with Crippen LogP contribution in [0.4, 0.5) is 8.78 Å². The second-order valence-corrected chi connectivity index (χ2v) is 8.65. The normalized spacial score (nSPS) is 19.1. The van der Waals surface area contributed by atoms with E-state index in [0.29, 0.717) is 29.5 Å². The Labute approximate surface area is 182 Å². The van der Waals surface area contributed by atoms with Crippen molar-refractivity contribution in [2.24, 2.45) is 7.05 Å². The number of hydrogen-bond acceptors (Lipinski definition) is 4. The number of nitrogens with zero attached hydrogens (tertiary/aromatic N) is 5. The molecule has 5 rings (SSSR count). The van der Waals surface area contributed by atoms with Crippen LogP contribution in [0.2, 0.25) is 0 Å². The zero-order chi connectivity index (χ0) is 21.7. The first-order valence-corrected chi connectivity index (χ1v) is 10.8. The van der Waals surface area contributed by atoms with Crippen LogP contribution in [0.15, 0.2) is 24.4 Å². The highest BCUT2D eigenvalue weighted by molar-refractivity contribution is 7.71. The van der Waals surface area contributed by atoms with Gasteiger partial charge in [0.15, 0.2) is 4.77 Å². The number of benzene rings is 1. The third kappa shape index (κ3) is 3.69. The van der Waals surface area contributed by atoms with Gasteiger partial charge in [0.1, 0.15) is 23.2 Å². The maximum absolute atomic E-state index is 14.4. The molecule has 31 heavy (non-hydrogen) atoms. The van der Waals surface area contributed by atoms with E-state index >= 15 is 0 Å². The Morgan fingerprint density at radius 3 is 2.81 bits per heavy atom. The third-order valence-electron chi connectivity index (χ3n) is 5.96. The number of carbonyl (C=O) groups excluding carboxylic acids is 1. The van der Waals surface area contributed by atoms with E-state index in [0.717, 1.165) is 37.6 Å². The quantitative estimate of drug-likeness (QED) is 0.618. The first kappa shape index (κ1) is 20.0. The number of aromatic nitrogens is 5. The Morgan fingerprint density at radius 1 is 1.26 bits per heavy atom. The lowest BCUT2D eigenvalue weighted by molar-refractivity contribution is 0.0704. The van der Waals surface area contributed by atoms with Gasteiger partial charge in [-0.3, -0.25) is 14.6 Å². The van der Waals surface area contributed by atoms with Gasteiger partial charge in [-0.2, -0.15) is 10.2 Å². The second-order valence-electron chi connectivity index (χ2n) is 8.27. The number of aryl methyl sites for hydroxylation is 1. The lowest BCUT2D eigenvalue weighted by Crippen LogP contribution is -2.40. The Bertz CT molecular complexity index is 1210. The zero-order valence-corrected chi connectivity index (χ0v) is 17.8. The number of hydrogen-bond donors (Lipinski definition) is 1. The van der Waals surface area contributed by atoms with Gasteiger partial charge in [-0.05, 0) is 50.0 Å². The number of carbonyl (C=O) groups is 1. The fourth-order valence-electron chi connectivity index (χ4n) is 4.36. The number of nitrogens with one attached hydrogen (secondary N) is 1. The molecule has 1 aliphatic carbocycles. The van der Waals surface area contributed by atoms with Gasteiger partial charge in [-0.25, -0.2) is 8.78 Å². The van der Waals surface area contributed by atoms with Gasteiger partial charge in [-0.15, -0.1) is 0 Å². The van der Waals surface area contributed by atoms with Crippen LogP contribution in [-0.2, 0) is 7.05 Å². The van der Waals surface area contributed by atoms with Crippen molar-refractivity contribution in [1.29, 1.82) is 0 Å². The molecule has 1 saturated heterocycles. The molecule has 1 atom stereocenters. The first-order valence-electron chi connectivity index (χ1n) is 10.4. The van der Waals surface area contributed by atoms with Crippen LogP contribution in [0.5, 0.6) is 0 Å². The predicted molar refractivity (Wildman–Crippen MR) is 112 cm³/mol. The number of likely N-dealkylation sites (tertiary alicyclic amines) is 1. The fraction of sp³-hybridized carbons (Fsp3) is 0.429. The van der Waals surface area contributed by atoms with Crippen LogP contribution in [-0.4, -0.2) is 48.4 Å². The van der Waals surface area contributed by atoms with E-state index < -0.39 is 11.6 Å². The molecule has 2 aromatic heterocycles. The van der Waals surface area contributed by atoms with Crippen LogP contribution < -0.4 is 0 Å². The van der Waals surface area contributed by atoms with Crippen molar-refractivity contribution in [3.8, 4) is 11.3 Å². The number of piperidine rings is 1. The van der Waals surface area contributed by atoms with Gasteiger partial charge in [0.05, 0.1) is 5.56 Å². The van der Waals surface area contributed by atoms with E-state index in [2.05, 4.69) is 19.9 Å². The summed E-state index contributed by atoms with van der Waals surface area (Å²) in [4.78, 5) is 15.2. The van der Waals surface area contributed by atoms with Crippen molar-refractivity contribution in [3.63, 3.8) is 0 Å². The molecule has 7 nitrogen and oxygen atoms in total. The van der Waals surface area contributed by atoms with Gasteiger partial charge < -0.3 is 9.47 Å². The number of rotatable bonds is 4. The molecule has 1 N–H and O–H groups in total. The molecule has 2 aliphatic rings. The van der Waals surface area contributed by atoms with Crippen LogP contribution in [0.25, 0.3) is 11.3 Å². The number of aromatic amines is 1. The molecule has 162 valence electrons. The molecule has 10 heteroatoms. The summed E-state index contributed by atoms with van der Waals surface area (Å²) in [7, 11) is 1.67. The van der Waals surface area contributed by atoms with E-state index in [1.54, 1.807) is 18.1 Å². The highest BCUT2D eigenvalue weighted by atomic mass is 32.1. The molecule has 1 aliphatic heterocycles. The summed E-state index contributed by atoms with van der Waals surface area (Å²) in [6.07, 6.45) is 5.53. The molecule has 1 amide bonds. The second kappa shape index (κ2) is 7.67. The van der Waals surface area contributed by atoms with Crippen molar-refractivity contribution in [2.75, 3.05) is 13.1 Å². The average Bonchev–Trinajstić information content (AvgIpc) is 3.40. The van der Waals surface area contributed by atoms with Crippen LogP contribution in [0.3, 0.4) is 0 Å². The average molecular weight is 445 g/mol. The minimum Gasteiger partial charge on any atom is -0.338 e. The summed E-state index contributed by atoms with van der Waals surface area (Å²) < 4.78 is 32.0. The molecule has 1 aromatic carbocycles. The smallest absolute Gasteiger partial charge is 0.257 e. The van der Waals surface area contributed by atoms with Crippen molar-refractivity contribution in [2.45, 2.75) is 37.6 Å². The Balaban J connectivity index is 1.44. The van der Waals surface area contributed by atoms with Crippen molar-refractivity contribution in [1.82, 2.24) is 29.4 Å². The number of amides is 1. The Hall–Kier alpha value is -2.88. The number of halogens is 2. The molecule has 1 saturated carbocycles. The molecular weight excluding hydrogens is 422 g/mol. The maximum atomic E-state index is 14.4. The SMILES string of the molecule is Cn1cc(C(=O)N2CCCC(c3n[nH]c(=S)n3C3CC3)C2)c(-c2ccc(F)cc2F)n1. The zero-order valence-electron chi connectivity index (χ0n) is 17.0. The van der Waals surface area contributed by atoms with Crippen LogP contribution in [0, 0.1) is 16.4 Å². The summed E-state index contributed by atoms with van der Waals surface area (Å²) in [5.41, 5.74) is 0.621. The molecule has 2 fully saturated rings. The Morgan fingerprint density at radius 2 is 2.06 bits per heavy atom. The van der Waals surface area contributed by atoms with Crippen LogP contribution in [0.1, 0.15) is 53.8 Å². The van der Waals surface area contributed by atoms with E-state index in [1.807, 2.05) is 0 Å². The summed E-state index contributed by atoms with van der Waals surface area (Å²) in [6.45, 7) is 1.11. The minimum atomic E-state index is -0.746. The van der Waals surface area contributed by atoms with Crippen molar-refractivity contribution < 1.29 is 13.6 Å². The molecular formula is C21H22F2N6OS. The first-order chi connectivity index (χ1) is 14.9. The van der Waals surface area contributed by atoms with E-state index in [-0.39, 0.29) is 23.1 Å². The highest BCUT2D eigenvalue weighted by Crippen LogP contribution is 2.39. The predicted octanol–water partition coefficient (Wildman–Crippen LogP) is 3.97. The molecule has 1 unspecified atom stereocenters. The standard InChI is InChI=1S/C21H22F2N6OS/c1-27-11-16(18(26-27)15-7-4-13(22)9-17(15)23)20(30)28-8-2-3-12(10-28)19-24-25-21(31)29(19)14-5-6-14/h4,7,9,11-12,14H,2-3,5-6,8,10H2,1H3,(H,25,31). The van der Waals surface area contributed by atoms with E-state index in [9.17, 15) is 13.6 Å². The molecule has 0 radical (unpaired) electrons. The minimum absolute atomic E-state index is 0.0777. The molecule has 3 aromatic rings. The van der Waals surface area contributed by atoms with Gasteiger partial charge in [0, 0.05) is 49.9 Å². The summed E-state index contributed by atoms with van der Waals surface area (Å²) >= 11 is 5.40. The molecule has 3 heterocycles. The lowest BCUT2D eigenvalue weighted by Gasteiger charge is -2.32. The van der Waals surface area contributed by atoms with Gasteiger partial charge in [0.25, 0.3) is 5.91 Å². The monoisotopic (exact) mass is 444 g/mol. The molecule has 0 spiro atoms. The molecule has 0 bridgehead atoms.